The van der Waals surface area contributed by atoms with Crippen LogP contribution in [0.3, 0.4) is 0 Å². The summed E-state index contributed by atoms with van der Waals surface area (Å²) < 4.78 is 37.8. The van der Waals surface area contributed by atoms with E-state index in [0.29, 0.717) is 32.1 Å². The molecule has 1 fully saturated rings. The van der Waals surface area contributed by atoms with E-state index in [1.807, 2.05) is 18.4 Å². The predicted molar refractivity (Wildman–Crippen MR) is 88.4 cm³/mol. The van der Waals surface area contributed by atoms with Crippen LogP contribution in [0.1, 0.15) is 5.01 Å². The maximum atomic E-state index is 12.9. The first-order valence-electron chi connectivity index (χ1n) is 7.21. The van der Waals surface area contributed by atoms with Crippen LogP contribution in [-0.2, 0) is 14.8 Å². The first-order chi connectivity index (χ1) is 11.0. The Bertz CT molecular complexity index is 796. The van der Waals surface area contributed by atoms with E-state index in [2.05, 4.69) is 4.98 Å². The fourth-order valence-electron chi connectivity index (χ4n) is 2.46. The largest absolute Gasteiger partial charge is 0.495 e. The minimum absolute atomic E-state index is 0.171. The molecule has 0 spiro atoms. The van der Waals surface area contributed by atoms with Crippen molar-refractivity contribution in [3.05, 3.63) is 28.6 Å². The van der Waals surface area contributed by atoms with Gasteiger partial charge in [0.15, 0.2) is 0 Å². The van der Waals surface area contributed by atoms with Crippen LogP contribution in [0, 0.1) is 6.92 Å². The molecule has 8 heteroatoms. The Kier molecular flexibility index (Phi) is 4.67. The zero-order valence-electron chi connectivity index (χ0n) is 13.0. The number of methoxy groups -OCH3 is 1. The number of ether oxygens (including phenoxy) is 2. The highest BCUT2D eigenvalue weighted by Crippen LogP contribution is 2.32. The number of benzene rings is 1. The Labute approximate surface area is 139 Å². The number of rotatable bonds is 4. The van der Waals surface area contributed by atoms with Crippen molar-refractivity contribution < 1.29 is 17.9 Å². The van der Waals surface area contributed by atoms with Crippen molar-refractivity contribution in [2.45, 2.75) is 11.8 Å². The Balaban J connectivity index is 2.05. The summed E-state index contributed by atoms with van der Waals surface area (Å²) in [5.74, 6) is 0.340. The van der Waals surface area contributed by atoms with Crippen LogP contribution in [-0.4, -0.2) is 51.1 Å². The summed E-state index contributed by atoms with van der Waals surface area (Å²) in [4.78, 5) is 4.59. The average Bonchev–Trinajstić information content (AvgIpc) is 3.01. The normalized spacial score (nSPS) is 16.4. The SMILES string of the molecule is COc1ccc(-c2csc(C)n2)cc1S(=O)(=O)N1CCOCC1. The summed E-state index contributed by atoms with van der Waals surface area (Å²) in [6.07, 6.45) is 0. The quantitative estimate of drug-likeness (QED) is 0.841. The molecule has 23 heavy (non-hydrogen) atoms. The Morgan fingerprint density at radius 2 is 2.04 bits per heavy atom. The molecule has 3 rings (SSSR count). The van der Waals surface area contributed by atoms with Crippen molar-refractivity contribution in [1.29, 1.82) is 0 Å². The molecule has 1 saturated heterocycles. The number of morpholine rings is 1. The molecule has 0 bridgehead atoms. The van der Waals surface area contributed by atoms with Crippen LogP contribution in [0.25, 0.3) is 11.3 Å². The van der Waals surface area contributed by atoms with E-state index in [4.69, 9.17) is 9.47 Å². The van der Waals surface area contributed by atoms with E-state index in [1.165, 1.54) is 22.8 Å². The van der Waals surface area contributed by atoms with Gasteiger partial charge >= 0.3 is 0 Å². The molecule has 2 heterocycles. The van der Waals surface area contributed by atoms with Crippen LogP contribution in [0.4, 0.5) is 0 Å². The molecule has 2 aromatic rings. The van der Waals surface area contributed by atoms with Gasteiger partial charge in [-0.2, -0.15) is 4.31 Å². The molecule has 1 aliphatic heterocycles. The average molecular weight is 354 g/mol. The van der Waals surface area contributed by atoms with Crippen LogP contribution in [0.5, 0.6) is 5.75 Å². The van der Waals surface area contributed by atoms with Gasteiger partial charge in [0.2, 0.25) is 10.0 Å². The maximum Gasteiger partial charge on any atom is 0.246 e. The zero-order valence-corrected chi connectivity index (χ0v) is 14.6. The van der Waals surface area contributed by atoms with E-state index in [-0.39, 0.29) is 4.90 Å². The first-order valence-corrected chi connectivity index (χ1v) is 9.53. The highest BCUT2D eigenvalue weighted by atomic mass is 32.2. The van der Waals surface area contributed by atoms with E-state index in [0.717, 1.165) is 16.3 Å². The number of aromatic nitrogens is 1. The lowest BCUT2D eigenvalue weighted by molar-refractivity contribution is 0.0729. The lowest BCUT2D eigenvalue weighted by atomic mass is 10.2. The second-order valence-electron chi connectivity index (χ2n) is 5.13. The summed E-state index contributed by atoms with van der Waals surface area (Å²) >= 11 is 1.53. The fourth-order valence-corrected chi connectivity index (χ4v) is 4.67. The van der Waals surface area contributed by atoms with Gasteiger partial charge in [0, 0.05) is 24.0 Å². The lowest BCUT2D eigenvalue weighted by Gasteiger charge is -2.26. The van der Waals surface area contributed by atoms with Gasteiger partial charge in [-0.1, -0.05) is 0 Å². The summed E-state index contributed by atoms with van der Waals surface area (Å²) in [5, 5.41) is 2.86. The van der Waals surface area contributed by atoms with Gasteiger partial charge in [-0.15, -0.1) is 11.3 Å². The van der Waals surface area contributed by atoms with Crippen LogP contribution in [0.15, 0.2) is 28.5 Å². The van der Waals surface area contributed by atoms with Gasteiger partial charge in [0.25, 0.3) is 0 Å². The van der Waals surface area contributed by atoms with Crippen LogP contribution >= 0.6 is 11.3 Å². The molecule has 0 unspecified atom stereocenters. The number of aryl methyl sites for hydroxylation is 1. The van der Waals surface area contributed by atoms with Gasteiger partial charge in [-0.05, 0) is 25.1 Å². The minimum Gasteiger partial charge on any atom is -0.495 e. The van der Waals surface area contributed by atoms with Crippen molar-refractivity contribution >= 4 is 21.4 Å². The molecule has 124 valence electrons. The van der Waals surface area contributed by atoms with Crippen molar-refractivity contribution in [3.63, 3.8) is 0 Å². The highest BCUT2D eigenvalue weighted by Gasteiger charge is 2.29. The van der Waals surface area contributed by atoms with Crippen molar-refractivity contribution in [2.24, 2.45) is 0 Å². The third kappa shape index (κ3) is 3.25. The zero-order chi connectivity index (χ0) is 16.4. The molecule has 0 saturated carbocycles. The van der Waals surface area contributed by atoms with Gasteiger partial charge in [0.1, 0.15) is 10.6 Å². The molecule has 0 aliphatic carbocycles. The van der Waals surface area contributed by atoms with Gasteiger partial charge < -0.3 is 9.47 Å². The van der Waals surface area contributed by atoms with Gasteiger partial charge in [-0.25, -0.2) is 13.4 Å². The molecular formula is C15H18N2O4S2. The Hall–Kier alpha value is -1.48. The monoisotopic (exact) mass is 354 g/mol. The molecule has 1 aliphatic rings. The van der Waals surface area contributed by atoms with Crippen LogP contribution in [0.2, 0.25) is 0 Å². The van der Waals surface area contributed by atoms with Crippen LogP contribution < -0.4 is 4.74 Å². The summed E-state index contributed by atoms with van der Waals surface area (Å²) in [5.41, 5.74) is 1.54. The molecule has 0 atom stereocenters. The molecule has 6 nitrogen and oxygen atoms in total. The molecule has 0 amide bonds. The molecule has 0 N–H and O–H groups in total. The standard InChI is InChI=1S/C15H18N2O4S2/c1-11-16-13(10-22-11)12-3-4-14(20-2)15(9-12)23(18,19)17-5-7-21-8-6-17/h3-4,9-10H,5-8H2,1-2H3. The second kappa shape index (κ2) is 6.56. The summed E-state index contributed by atoms with van der Waals surface area (Å²) in [6, 6.07) is 5.14. The third-order valence-corrected chi connectivity index (χ3v) is 6.36. The number of thiazole rings is 1. The van der Waals surface area contributed by atoms with E-state index in [9.17, 15) is 8.42 Å². The molecule has 1 aromatic carbocycles. The molecule has 0 radical (unpaired) electrons. The minimum atomic E-state index is -3.62. The summed E-state index contributed by atoms with van der Waals surface area (Å²) in [6.45, 7) is 3.44. The number of nitrogens with zero attached hydrogens (tertiary/aromatic N) is 2. The first kappa shape index (κ1) is 16.4. The molecular weight excluding hydrogens is 336 g/mol. The van der Waals surface area contributed by atoms with Crippen molar-refractivity contribution in [3.8, 4) is 17.0 Å². The van der Waals surface area contributed by atoms with E-state index >= 15 is 0 Å². The van der Waals surface area contributed by atoms with Gasteiger partial charge in [0.05, 0.1) is 31.0 Å². The van der Waals surface area contributed by atoms with Crippen molar-refractivity contribution in [1.82, 2.24) is 9.29 Å². The summed E-state index contributed by atoms with van der Waals surface area (Å²) in [7, 11) is -2.15. The predicted octanol–water partition coefficient (Wildman–Crippen LogP) is 2.15. The second-order valence-corrected chi connectivity index (χ2v) is 8.10. The number of hydrogen-bond donors (Lipinski definition) is 0. The van der Waals surface area contributed by atoms with Crippen molar-refractivity contribution in [2.75, 3.05) is 33.4 Å². The smallest absolute Gasteiger partial charge is 0.246 e. The Morgan fingerprint density at radius 1 is 1.30 bits per heavy atom. The Morgan fingerprint density at radius 3 is 2.65 bits per heavy atom. The highest BCUT2D eigenvalue weighted by molar-refractivity contribution is 7.89. The molecule has 1 aromatic heterocycles. The number of sulfonamides is 1. The maximum absolute atomic E-state index is 12.9. The van der Waals surface area contributed by atoms with E-state index in [1.54, 1.807) is 12.1 Å². The third-order valence-electron chi connectivity index (χ3n) is 3.67. The van der Waals surface area contributed by atoms with Gasteiger partial charge in [-0.3, -0.25) is 0 Å². The van der Waals surface area contributed by atoms with E-state index < -0.39 is 10.0 Å². The topological polar surface area (TPSA) is 68.7 Å². The fraction of sp³-hybridized carbons (Fsp3) is 0.400. The number of hydrogen-bond acceptors (Lipinski definition) is 6. The lowest BCUT2D eigenvalue weighted by Crippen LogP contribution is -2.40.